The Morgan fingerprint density at radius 3 is 2.19 bits per heavy atom. The summed E-state index contributed by atoms with van der Waals surface area (Å²) in [5.41, 5.74) is 0.431. The van der Waals surface area contributed by atoms with Gasteiger partial charge in [0, 0.05) is 16.3 Å². The molecule has 0 aliphatic rings. The molecule has 5 heteroatoms. The molecule has 0 aromatic heterocycles. The van der Waals surface area contributed by atoms with E-state index in [1.807, 2.05) is 0 Å². The van der Waals surface area contributed by atoms with Gasteiger partial charge in [0.05, 0.1) is 0 Å². The molecule has 0 saturated carbocycles. The van der Waals surface area contributed by atoms with E-state index in [4.69, 9.17) is 0 Å². The van der Waals surface area contributed by atoms with E-state index in [-0.39, 0.29) is 5.78 Å². The number of hydrogen-bond acceptors (Lipinski definition) is 3. The van der Waals surface area contributed by atoms with Crippen LogP contribution in [0.15, 0.2) is 28.7 Å². The molecule has 3 nitrogen and oxygen atoms in total. The van der Waals surface area contributed by atoms with Gasteiger partial charge in [-0.1, -0.05) is 35.0 Å². The van der Waals surface area contributed by atoms with Crippen LogP contribution in [0.2, 0.25) is 0 Å². The van der Waals surface area contributed by atoms with Gasteiger partial charge in [0.25, 0.3) is 0 Å². The molecule has 0 bridgehead atoms. The first kappa shape index (κ1) is 13.4. The molecule has 16 heavy (non-hydrogen) atoms. The van der Waals surface area contributed by atoms with Gasteiger partial charge < -0.3 is 0 Å². The van der Waals surface area contributed by atoms with Crippen LogP contribution < -0.4 is 0 Å². The van der Waals surface area contributed by atoms with Crippen LogP contribution >= 0.6 is 15.9 Å². The molecule has 88 valence electrons. The van der Waals surface area contributed by atoms with E-state index in [0.717, 1.165) is 10.7 Å². The summed E-state index contributed by atoms with van der Waals surface area (Å²) in [5, 5.41) is -0.936. The summed E-state index contributed by atoms with van der Waals surface area (Å²) < 4.78 is 23.7. The number of carbonyl (C=O) groups excluding carboxylic acids is 1. The topological polar surface area (TPSA) is 51.2 Å². The van der Waals surface area contributed by atoms with E-state index in [2.05, 4.69) is 15.9 Å². The Morgan fingerprint density at radius 1 is 1.31 bits per heavy atom. The number of Topliss-reactive ketones (excluding diaryl/α,β-unsaturated/α-hetero) is 1. The Kier molecular flexibility index (Phi) is 4.27. The second-order valence-electron chi connectivity index (χ2n) is 3.60. The predicted molar refractivity (Wildman–Crippen MR) is 67.4 cm³/mol. The zero-order valence-electron chi connectivity index (χ0n) is 9.10. The molecular weight excluding hydrogens is 292 g/mol. The smallest absolute Gasteiger partial charge is 0.180 e. The van der Waals surface area contributed by atoms with E-state index in [0.29, 0.717) is 12.0 Å². The number of ketones is 1. The number of carbonyl (C=O) groups is 1. The molecule has 0 spiro atoms. The molecule has 0 aliphatic heterocycles. The highest BCUT2D eigenvalue weighted by Crippen LogP contribution is 2.16. The fourth-order valence-corrected chi connectivity index (χ4v) is 2.88. The molecule has 0 amide bonds. The molecular formula is C11H13BrO3S. The van der Waals surface area contributed by atoms with E-state index in [1.54, 1.807) is 31.2 Å². The van der Waals surface area contributed by atoms with Gasteiger partial charge in [-0.05, 0) is 18.6 Å². The Hall–Kier alpha value is -0.680. The zero-order valence-corrected chi connectivity index (χ0v) is 11.5. The predicted octanol–water partition coefficient (Wildman–Crippen LogP) is 2.46. The Morgan fingerprint density at radius 2 is 1.81 bits per heavy atom. The van der Waals surface area contributed by atoms with Crippen molar-refractivity contribution in [3.05, 3.63) is 34.3 Å². The molecule has 1 rings (SSSR count). The first-order chi connectivity index (χ1) is 7.36. The minimum Gasteiger partial charge on any atom is -0.293 e. The number of halogens is 1. The maximum atomic E-state index is 11.9. The molecule has 0 radical (unpaired) electrons. The van der Waals surface area contributed by atoms with Crippen LogP contribution in [0.1, 0.15) is 23.7 Å². The summed E-state index contributed by atoms with van der Waals surface area (Å²) in [5.74, 6) is -0.336. The molecule has 0 fully saturated rings. The first-order valence-electron chi connectivity index (χ1n) is 4.85. The van der Waals surface area contributed by atoms with Crippen molar-refractivity contribution >= 4 is 31.6 Å². The summed E-state index contributed by atoms with van der Waals surface area (Å²) in [6, 6.07) is 6.70. The monoisotopic (exact) mass is 304 g/mol. The molecule has 0 unspecified atom stereocenters. The fraction of sp³-hybridized carbons (Fsp3) is 0.364. The van der Waals surface area contributed by atoms with Gasteiger partial charge in [-0.25, -0.2) is 8.42 Å². The van der Waals surface area contributed by atoms with Crippen molar-refractivity contribution in [2.45, 2.75) is 18.6 Å². The standard InChI is InChI=1S/C11H13BrO3S/c1-3-10(16(2,14)15)11(13)8-4-6-9(12)7-5-8/h4-7,10H,3H2,1-2H3/t10-/m1/s1. The lowest BCUT2D eigenvalue weighted by Gasteiger charge is -2.11. The molecule has 0 heterocycles. The second kappa shape index (κ2) is 5.10. The average Bonchev–Trinajstić information content (AvgIpc) is 2.17. The van der Waals surface area contributed by atoms with Crippen LogP contribution in [0.5, 0.6) is 0 Å². The van der Waals surface area contributed by atoms with E-state index >= 15 is 0 Å². The van der Waals surface area contributed by atoms with Gasteiger partial charge in [-0.2, -0.15) is 0 Å². The van der Waals surface area contributed by atoms with E-state index < -0.39 is 15.1 Å². The van der Waals surface area contributed by atoms with Crippen molar-refractivity contribution in [3.63, 3.8) is 0 Å². The number of sulfone groups is 1. The van der Waals surface area contributed by atoms with Crippen molar-refractivity contribution in [1.29, 1.82) is 0 Å². The minimum atomic E-state index is -3.33. The van der Waals surface area contributed by atoms with Crippen molar-refractivity contribution < 1.29 is 13.2 Å². The fourth-order valence-electron chi connectivity index (χ4n) is 1.48. The van der Waals surface area contributed by atoms with Crippen LogP contribution in [-0.4, -0.2) is 25.7 Å². The number of benzene rings is 1. The van der Waals surface area contributed by atoms with Crippen LogP contribution in [0, 0.1) is 0 Å². The molecule has 1 aromatic carbocycles. The third-order valence-electron chi connectivity index (χ3n) is 2.31. The Labute approximate surface area is 104 Å². The molecule has 0 saturated heterocycles. The lowest BCUT2D eigenvalue weighted by atomic mass is 10.1. The van der Waals surface area contributed by atoms with Crippen molar-refractivity contribution in [3.8, 4) is 0 Å². The van der Waals surface area contributed by atoms with Gasteiger partial charge in [-0.3, -0.25) is 4.79 Å². The van der Waals surface area contributed by atoms with Crippen LogP contribution in [-0.2, 0) is 9.84 Å². The largest absolute Gasteiger partial charge is 0.293 e. The highest BCUT2D eigenvalue weighted by molar-refractivity contribution is 9.10. The molecule has 0 aliphatic carbocycles. The van der Waals surface area contributed by atoms with Crippen LogP contribution in [0.3, 0.4) is 0 Å². The third-order valence-corrected chi connectivity index (χ3v) is 4.42. The summed E-state index contributed by atoms with van der Waals surface area (Å²) in [6.07, 6.45) is 1.39. The molecule has 1 atom stereocenters. The van der Waals surface area contributed by atoms with Crippen LogP contribution in [0.25, 0.3) is 0 Å². The van der Waals surface area contributed by atoms with E-state index in [9.17, 15) is 13.2 Å². The highest BCUT2D eigenvalue weighted by Gasteiger charge is 2.27. The SMILES string of the molecule is CC[C@H](C(=O)c1ccc(Br)cc1)S(C)(=O)=O. The van der Waals surface area contributed by atoms with Gasteiger partial charge >= 0.3 is 0 Å². The molecule has 1 aromatic rings. The Bertz CT molecular complexity index is 476. The highest BCUT2D eigenvalue weighted by atomic mass is 79.9. The second-order valence-corrected chi connectivity index (χ2v) is 6.74. The summed E-state index contributed by atoms with van der Waals surface area (Å²) >= 11 is 3.26. The maximum Gasteiger partial charge on any atom is 0.180 e. The molecule has 0 N–H and O–H groups in total. The van der Waals surface area contributed by atoms with Crippen molar-refractivity contribution in [1.82, 2.24) is 0 Å². The number of rotatable bonds is 4. The van der Waals surface area contributed by atoms with Crippen LogP contribution in [0.4, 0.5) is 0 Å². The average molecular weight is 305 g/mol. The van der Waals surface area contributed by atoms with Crippen molar-refractivity contribution in [2.24, 2.45) is 0 Å². The lowest BCUT2D eigenvalue weighted by Crippen LogP contribution is -2.28. The van der Waals surface area contributed by atoms with Gasteiger partial charge in [0.1, 0.15) is 5.25 Å². The third kappa shape index (κ3) is 3.15. The zero-order chi connectivity index (χ0) is 12.3. The quantitative estimate of drug-likeness (QED) is 0.803. The normalized spacial score (nSPS) is 13.4. The lowest BCUT2D eigenvalue weighted by molar-refractivity contribution is 0.0985. The maximum absolute atomic E-state index is 11.9. The minimum absolute atomic E-state index is 0.299. The van der Waals surface area contributed by atoms with Gasteiger partial charge in [0.15, 0.2) is 15.6 Å². The first-order valence-corrected chi connectivity index (χ1v) is 7.59. The Balaban J connectivity index is 3.06. The summed E-state index contributed by atoms with van der Waals surface area (Å²) in [7, 11) is -3.33. The van der Waals surface area contributed by atoms with E-state index in [1.165, 1.54) is 0 Å². The van der Waals surface area contributed by atoms with Gasteiger partial charge in [-0.15, -0.1) is 0 Å². The number of hydrogen-bond donors (Lipinski definition) is 0. The summed E-state index contributed by atoms with van der Waals surface area (Å²) in [4.78, 5) is 11.9. The van der Waals surface area contributed by atoms with Crippen molar-refractivity contribution in [2.75, 3.05) is 6.26 Å². The van der Waals surface area contributed by atoms with Gasteiger partial charge in [0.2, 0.25) is 0 Å². The summed E-state index contributed by atoms with van der Waals surface area (Å²) in [6.45, 7) is 1.70.